The zero-order valence-electron chi connectivity index (χ0n) is 10.1. The zero-order valence-corrected chi connectivity index (χ0v) is 11.7. The predicted octanol–water partition coefficient (Wildman–Crippen LogP) is 1.44. The van der Waals surface area contributed by atoms with Crippen molar-refractivity contribution in [3.8, 4) is 0 Å². The summed E-state index contributed by atoms with van der Waals surface area (Å²) >= 11 is 3.15. The van der Waals surface area contributed by atoms with Gasteiger partial charge in [-0.1, -0.05) is 6.92 Å². The number of thioether (sulfide) groups is 1. The molecule has 0 saturated heterocycles. The quantitative estimate of drug-likeness (QED) is 0.790. The number of hydrogen-bond donors (Lipinski definition) is 2. The van der Waals surface area contributed by atoms with Crippen molar-refractivity contribution >= 4 is 29.0 Å². The van der Waals surface area contributed by atoms with E-state index in [2.05, 4.69) is 10.3 Å². The molecule has 17 heavy (non-hydrogen) atoms. The van der Waals surface area contributed by atoms with Crippen LogP contribution in [-0.2, 0) is 17.8 Å². The van der Waals surface area contributed by atoms with Gasteiger partial charge in [-0.2, -0.15) is 11.8 Å². The molecule has 6 heteroatoms. The summed E-state index contributed by atoms with van der Waals surface area (Å²) in [5.74, 6) is 0.471. The molecule has 2 N–H and O–H groups in total. The molecule has 96 valence electrons. The average molecular weight is 274 g/mol. The molecule has 0 bridgehead atoms. The van der Waals surface area contributed by atoms with Gasteiger partial charge in [0.05, 0.1) is 12.2 Å². The molecular formula is C11H18N2O2S2. The maximum Gasteiger partial charge on any atom is 0.249 e. The Kier molecular flexibility index (Phi) is 6.54. The Morgan fingerprint density at radius 3 is 3.06 bits per heavy atom. The highest BCUT2D eigenvalue weighted by Gasteiger charge is 2.14. The summed E-state index contributed by atoms with van der Waals surface area (Å²) in [6.45, 7) is 2.45. The van der Waals surface area contributed by atoms with E-state index in [-0.39, 0.29) is 5.91 Å². The first-order valence-corrected chi connectivity index (χ1v) is 7.82. The smallest absolute Gasteiger partial charge is 0.249 e. The number of nitrogens with zero attached hydrogens (tertiary/aromatic N) is 1. The van der Waals surface area contributed by atoms with E-state index < -0.39 is 6.10 Å². The topological polar surface area (TPSA) is 62.2 Å². The monoisotopic (exact) mass is 274 g/mol. The van der Waals surface area contributed by atoms with Gasteiger partial charge in [-0.3, -0.25) is 4.79 Å². The third-order valence-electron chi connectivity index (χ3n) is 2.27. The van der Waals surface area contributed by atoms with Gasteiger partial charge in [0.25, 0.3) is 0 Å². The molecule has 4 nitrogen and oxygen atoms in total. The lowest BCUT2D eigenvalue weighted by Crippen LogP contribution is -2.34. The number of amides is 1. The number of hydrogen-bond acceptors (Lipinski definition) is 5. The van der Waals surface area contributed by atoms with E-state index in [9.17, 15) is 9.90 Å². The van der Waals surface area contributed by atoms with Crippen LogP contribution < -0.4 is 5.32 Å². The van der Waals surface area contributed by atoms with Gasteiger partial charge < -0.3 is 10.4 Å². The second-order valence-electron chi connectivity index (χ2n) is 3.60. The van der Waals surface area contributed by atoms with Crippen LogP contribution in [-0.4, -0.2) is 34.1 Å². The molecule has 1 heterocycles. The Hall–Kier alpha value is -0.590. The van der Waals surface area contributed by atoms with E-state index in [0.717, 1.165) is 22.9 Å². The number of carbonyl (C=O) groups excluding carboxylic acids is 1. The average Bonchev–Trinajstić information content (AvgIpc) is 2.80. The number of rotatable bonds is 7. The van der Waals surface area contributed by atoms with Crippen molar-refractivity contribution in [2.24, 2.45) is 0 Å². The SMILES string of the molecule is CCc1csc(CNC(=O)C(O)CCSC)n1. The summed E-state index contributed by atoms with van der Waals surface area (Å²) in [7, 11) is 0. The van der Waals surface area contributed by atoms with Gasteiger partial charge >= 0.3 is 0 Å². The molecule has 0 aromatic carbocycles. The third-order valence-corrected chi connectivity index (χ3v) is 3.82. The number of aryl methyl sites for hydroxylation is 1. The maximum atomic E-state index is 11.5. The van der Waals surface area contributed by atoms with Crippen molar-refractivity contribution < 1.29 is 9.90 Å². The van der Waals surface area contributed by atoms with Crippen LogP contribution in [0.4, 0.5) is 0 Å². The van der Waals surface area contributed by atoms with E-state index >= 15 is 0 Å². The Morgan fingerprint density at radius 2 is 2.47 bits per heavy atom. The molecule has 1 atom stereocenters. The first-order chi connectivity index (χ1) is 8.17. The lowest BCUT2D eigenvalue weighted by Gasteiger charge is -2.09. The normalized spacial score (nSPS) is 12.4. The highest BCUT2D eigenvalue weighted by molar-refractivity contribution is 7.98. The van der Waals surface area contributed by atoms with Crippen molar-refractivity contribution in [3.63, 3.8) is 0 Å². The molecule has 0 radical (unpaired) electrons. The molecular weight excluding hydrogens is 256 g/mol. The summed E-state index contributed by atoms with van der Waals surface area (Å²) in [5.41, 5.74) is 1.04. The molecule has 1 aromatic rings. The predicted molar refractivity (Wildman–Crippen MR) is 72.3 cm³/mol. The lowest BCUT2D eigenvalue weighted by atomic mass is 10.2. The molecule has 0 spiro atoms. The number of thiazole rings is 1. The van der Waals surface area contributed by atoms with Crippen LogP contribution in [0.2, 0.25) is 0 Å². The summed E-state index contributed by atoms with van der Waals surface area (Å²) in [6.07, 6.45) is 2.44. The first-order valence-electron chi connectivity index (χ1n) is 5.55. The van der Waals surface area contributed by atoms with Gasteiger partial charge in [0.1, 0.15) is 11.1 Å². The third kappa shape index (κ3) is 5.06. The summed E-state index contributed by atoms with van der Waals surface area (Å²) in [6, 6.07) is 0. The van der Waals surface area contributed by atoms with E-state index in [1.54, 1.807) is 11.8 Å². The number of nitrogens with one attached hydrogen (secondary N) is 1. The van der Waals surface area contributed by atoms with Gasteiger partial charge in [-0.15, -0.1) is 11.3 Å². The molecule has 1 amide bonds. The van der Waals surface area contributed by atoms with Gasteiger partial charge in [-0.25, -0.2) is 4.98 Å². The van der Waals surface area contributed by atoms with Crippen LogP contribution in [0.25, 0.3) is 0 Å². The highest BCUT2D eigenvalue weighted by atomic mass is 32.2. The van der Waals surface area contributed by atoms with E-state index in [1.807, 2.05) is 18.6 Å². The summed E-state index contributed by atoms with van der Waals surface area (Å²) < 4.78 is 0. The fourth-order valence-electron chi connectivity index (χ4n) is 1.23. The molecule has 1 unspecified atom stereocenters. The first kappa shape index (κ1) is 14.5. The van der Waals surface area contributed by atoms with Crippen molar-refractivity contribution in [3.05, 3.63) is 16.1 Å². The number of carbonyl (C=O) groups is 1. The molecule has 1 rings (SSSR count). The van der Waals surface area contributed by atoms with E-state index in [0.29, 0.717) is 13.0 Å². The van der Waals surface area contributed by atoms with Crippen LogP contribution in [0.15, 0.2) is 5.38 Å². The Bertz CT molecular complexity index is 355. The molecule has 0 saturated carbocycles. The molecule has 0 aliphatic heterocycles. The highest BCUT2D eigenvalue weighted by Crippen LogP contribution is 2.10. The minimum atomic E-state index is -0.909. The van der Waals surface area contributed by atoms with Crippen molar-refractivity contribution in [2.75, 3.05) is 12.0 Å². The molecule has 0 aliphatic rings. The molecule has 1 aromatic heterocycles. The Labute approximate surface area is 110 Å². The van der Waals surface area contributed by atoms with Crippen LogP contribution in [0, 0.1) is 0 Å². The Morgan fingerprint density at radius 1 is 1.71 bits per heavy atom. The summed E-state index contributed by atoms with van der Waals surface area (Å²) in [4.78, 5) is 15.8. The number of aliphatic hydroxyl groups is 1. The van der Waals surface area contributed by atoms with Crippen LogP contribution in [0.3, 0.4) is 0 Å². The minimum absolute atomic E-state index is 0.313. The largest absolute Gasteiger partial charge is 0.383 e. The van der Waals surface area contributed by atoms with Crippen molar-refractivity contribution in [1.82, 2.24) is 10.3 Å². The fraction of sp³-hybridized carbons (Fsp3) is 0.636. The van der Waals surface area contributed by atoms with Gasteiger partial charge in [0.15, 0.2) is 0 Å². The number of aliphatic hydroxyl groups excluding tert-OH is 1. The second kappa shape index (κ2) is 7.68. The lowest BCUT2D eigenvalue weighted by molar-refractivity contribution is -0.129. The molecule has 0 aliphatic carbocycles. The number of aromatic nitrogens is 1. The zero-order chi connectivity index (χ0) is 12.7. The van der Waals surface area contributed by atoms with Gasteiger partial charge in [-0.05, 0) is 24.9 Å². The van der Waals surface area contributed by atoms with Gasteiger partial charge in [0, 0.05) is 5.38 Å². The second-order valence-corrected chi connectivity index (χ2v) is 5.53. The summed E-state index contributed by atoms with van der Waals surface area (Å²) in [5, 5.41) is 15.1. The van der Waals surface area contributed by atoms with Crippen molar-refractivity contribution in [1.29, 1.82) is 0 Å². The van der Waals surface area contributed by atoms with Gasteiger partial charge in [0.2, 0.25) is 5.91 Å². The van der Waals surface area contributed by atoms with E-state index in [1.165, 1.54) is 11.3 Å². The maximum absolute atomic E-state index is 11.5. The van der Waals surface area contributed by atoms with Crippen LogP contribution in [0.1, 0.15) is 24.0 Å². The minimum Gasteiger partial charge on any atom is -0.383 e. The van der Waals surface area contributed by atoms with Crippen LogP contribution in [0.5, 0.6) is 0 Å². The fourth-order valence-corrected chi connectivity index (χ4v) is 2.51. The van der Waals surface area contributed by atoms with Crippen molar-refractivity contribution in [2.45, 2.75) is 32.4 Å². The van der Waals surface area contributed by atoms with E-state index in [4.69, 9.17) is 0 Å². The van der Waals surface area contributed by atoms with Crippen LogP contribution >= 0.6 is 23.1 Å². The molecule has 0 fully saturated rings. The standard InChI is InChI=1S/C11H18N2O2S2/c1-3-8-7-17-10(13-8)6-12-11(15)9(14)4-5-16-2/h7,9,14H,3-6H2,1-2H3,(H,12,15). The Balaban J connectivity index is 2.32.